The maximum atomic E-state index is 7.49. The van der Waals surface area contributed by atoms with Gasteiger partial charge in [-0.25, -0.2) is 4.57 Å². The van der Waals surface area contributed by atoms with Crippen LogP contribution in [0.2, 0.25) is 13.1 Å². The monoisotopic (exact) mass is 258 g/mol. The summed E-state index contributed by atoms with van der Waals surface area (Å²) in [5.41, 5.74) is 3.58. The smallest absolute Gasteiger partial charge is 0.201 e. The standard InChI is InChI=1S/C16H21NSi/c1-12-6-8-15(13(2)10-12)16-9-7-14(18(4)5)11-17(16)3/h6-11H,1-5H3/q+1/i1D3. The number of aryl methyl sites for hydroxylation is 3. The molecule has 2 heteroatoms. The van der Waals surface area contributed by atoms with Crippen LogP contribution in [-0.2, 0) is 7.05 Å². The molecular formula is C16H21NSi+. The molecule has 1 heterocycles. The molecule has 0 aliphatic heterocycles. The van der Waals surface area contributed by atoms with Crippen molar-refractivity contribution in [2.24, 2.45) is 7.05 Å². The topological polar surface area (TPSA) is 3.88 Å². The van der Waals surface area contributed by atoms with Gasteiger partial charge in [-0.05, 0) is 25.4 Å². The molecule has 0 aliphatic carbocycles. The fourth-order valence-corrected chi connectivity index (χ4v) is 3.00. The fraction of sp³-hybridized carbons (Fsp3) is 0.312. The van der Waals surface area contributed by atoms with Crippen molar-refractivity contribution in [2.45, 2.75) is 26.9 Å². The zero-order valence-corrected chi connectivity index (χ0v) is 12.4. The van der Waals surface area contributed by atoms with E-state index in [2.05, 4.69) is 36.0 Å². The predicted molar refractivity (Wildman–Crippen MR) is 79.6 cm³/mol. The highest BCUT2D eigenvalue weighted by Gasteiger charge is 2.14. The number of nitrogens with zero attached hydrogens (tertiary/aromatic N) is 1. The van der Waals surface area contributed by atoms with Crippen LogP contribution in [0.5, 0.6) is 0 Å². The van der Waals surface area contributed by atoms with Gasteiger partial charge in [-0.15, -0.1) is 0 Å². The molecule has 18 heavy (non-hydrogen) atoms. The Hall–Kier alpha value is -1.41. The van der Waals surface area contributed by atoms with Gasteiger partial charge in [-0.2, -0.15) is 0 Å². The minimum atomic E-state index is -2.04. The molecule has 2 aromatic rings. The minimum absolute atomic E-state index is 0.399. The number of benzene rings is 1. The molecule has 93 valence electrons. The van der Waals surface area contributed by atoms with E-state index in [-0.39, 0.29) is 0 Å². The van der Waals surface area contributed by atoms with E-state index in [0.29, 0.717) is 5.56 Å². The van der Waals surface area contributed by atoms with Crippen LogP contribution in [0, 0.1) is 13.8 Å². The van der Waals surface area contributed by atoms with E-state index in [9.17, 15) is 0 Å². The van der Waals surface area contributed by atoms with Crippen LogP contribution in [0.4, 0.5) is 0 Å². The number of pyridine rings is 1. The summed E-state index contributed by atoms with van der Waals surface area (Å²) in [5, 5.41) is 1.39. The lowest BCUT2D eigenvalue weighted by atomic mass is 10.0. The Bertz CT molecular complexity index is 663. The normalized spacial score (nSPS) is 14.2. The van der Waals surface area contributed by atoms with E-state index in [1.165, 1.54) is 5.19 Å². The molecule has 1 aromatic carbocycles. The van der Waals surface area contributed by atoms with Gasteiger partial charge in [-0.3, -0.25) is 0 Å². The summed E-state index contributed by atoms with van der Waals surface area (Å²) in [4.78, 5) is 0. The third-order valence-corrected chi connectivity index (χ3v) is 4.66. The first kappa shape index (κ1) is 9.51. The summed E-state index contributed by atoms with van der Waals surface area (Å²) >= 11 is 0. The van der Waals surface area contributed by atoms with Crippen LogP contribution < -0.4 is 9.75 Å². The molecular weight excluding hydrogens is 234 g/mol. The fourth-order valence-electron chi connectivity index (χ4n) is 2.13. The Balaban J connectivity index is 2.48. The highest BCUT2D eigenvalue weighted by molar-refractivity contribution is 6.70. The molecule has 1 aromatic heterocycles. The van der Waals surface area contributed by atoms with Gasteiger partial charge in [0.25, 0.3) is 0 Å². The minimum Gasteiger partial charge on any atom is -0.201 e. The van der Waals surface area contributed by atoms with Gasteiger partial charge in [0, 0.05) is 20.9 Å². The number of aromatic nitrogens is 1. The maximum absolute atomic E-state index is 7.49. The van der Waals surface area contributed by atoms with Crippen LogP contribution in [0.1, 0.15) is 15.2 Å². The molecule has 0 saturated carbocycles. The first-order valence-corrected chi connectivity index (χ1v) is 8.62. The third-order valence-electron chi connectivity index (χ3n) is 3.21. The van der Waals surface area contributed by atoms with Gasteiger partial charge >= 0.3 is 0 Å². The third kappa shape index (κ3) is 2.54. The van der Waals surface area contributed by atoms with Crippen molar-refractivity contribution in [1.29, 1.82) is 0 Å². The summed E-state index contributed by atoms with van der Waals surface area (Å²) in [6, 6.07) is 9.70. The summed E-state index contributed by atoms with van der Waals surface area (Å²) < 4.78 is 24.6. The summed E-state index contributed by atoms with van der Waals surface area (Å²) in [5.74, 6) is 0. The molecule has 0 spiro atoms. The van der Waals surface area contributed by atoms with E-state index in [0.717, 1.165) is 16.8 Å². The van der Waals surface area contributed by atoms with Gasteiger partial charge in [0.15, 0.2) is 6.20 Å². The largest absolute Gasteiger partial charge is 0.212 e. The lowest BCUT2D eigenvalue weighted by Gasteiger charge is -2.07. The van der Waals surface area contributed by atoms with Crippen molar-refractivity contribution >= 4 is 14.0 Å². The molecule has 0 fully saturated rings. The van der Waals surface area contributed by atoms with Crippen LogP contribution >= 0.6 is 0 Å². The van der Waals surface area contributed by atoms with Crippen molar-refractivity contribution in [3.63, 3.8) is 0 Å². The second-order valence-corrected chi connectivity index (χ2v) is 7.52. The SMILES string of the molecule is [2H]C([2H])([2H])c1ccc(-c2ccc([Si](C)C)c[n+]2C)c(C)c1. The quantitative estimate of drug-likeness (QED) is 0.576. The Morgan fingerprint density at radius 1 is 1.17 bits per heavy atom. The van der Waals surface area contributed by atoms with Crippen molar-refractivity contribution < 1.29 is 8.68 Å². The van der Waals surface area contributed by atoms with Crippen molar-refractivity contribution in [3.05, 3.63) is 47.7 Å². The molecule has 1 nitrogen and oxygen atoms in total. The van der Waals surface area contributed by atoms with E-state index in [4.69, 9.17) is 4.11 Å². The molecule has 0 atom stereocenters. The number of hydrogen-bond acceptors (Lipinski definition) is 0. The van der Waals surface area contributed by atoms with Gasteiger partial charge in [0.2, 0.25) is 5.69 Å². The highest BCUT2D eigenvalue weighted by Crippen LogP contribution is 2.20. The second-order valence-electron chi connectivity index (χ2n) is 4.94. The summed E-state index contributed by atoms with van der Waals surface area (Å²) in [7, 11) is 1.58. The van der Waals surface area contributed by atoms with E-state index >= 15 is 0 Å². The number of rotatable bonds is 2. The zero-order chi connectivity index (χ0) is 15.8. The first-order chi connectivity index (χ1) is 9.70. The van der Waals surface area contributed by atoms with E-state index in [1.807, 2.05) is 20.0 Å². The predicted octanol–water partition coefficient (Wildman–Crippen LogP) is 2.76. The lowest BCUT2D eigenvalue weighted by molar-refractivity contribution is -0.659. The molecule has 2 rings (SSSR count). The summed E-state index contributed by atoms with van der Waals surface area (Å²) in [6.45, 7) is 4.47. The average molecular weight is 258 g/mol. The Labute approximate surface area is 116 Å². The molecule has 0 bridgehead atoms. The van der Waals surface area contributed by atoms with Crippen LogP contribution in [0.3, 0.4) is 0 Å². The van der Waals surface area contributed by atoms with Crippen LogP contribution in [-0.4, -0.2) is 8.80 Å². The average Bonchev–Trinajstić information content (AvgIpc) is 2.38. The molecule has 0 amide bonds. The molecule has 0 saturated heterocycles. The molecule has 1 radical (unpaired) electrons. The maximum Gasteiger partial charge on any atom is 0.212 e. The summed E-state index contributed by atoms with van der Waals surface area (Å²) in [6.07, 6.45) is 2.18. The first-order valence-electron chi connectivity index (χ1n) is 7.62. The molecule has 0 aliphatic rings. The Morgan fingerprint density at radius 3 is 2.50 bits per heavy atom. The molecule has 0 unspecified atom stereocenters. The van der Waals surface area contributed by atoms with Crippen molar-refractivity contribution in [1.82, 2.24) is 0 Å². The zero-order valence-electron chi connectivity index (χ0n) is 14.4. The van der Waals surface area contributed by atoms with E-state index < -0.39 is 15.6 Å². The van der Waals surface area contributed by atoms with Crippen molar-refractivity contribution in [2.75, 3.05) is 0 Å². The lowest BCUT2D eigenvalue weighted by Crippen LogP contribution is -2.38. The van der Waals surface area contributed by atoms with Crippen LogP contribution in [0.15, 0.2) is 36.5 Å². The number of hydrogen-bond donors (Lipinski definition) is 0. The van der Waals surface area contributed by atoms with Gasteiger partial charge in [-0.1, -0.05) is 36.9 Å². The van der Waals surface area contributed by atoms with E-state index in [1.54, 1.807) is 12.1 Å². The Kier molecular flexibility index (Phi) is 2.68. The Morgan fingerprint density at radius 2 is 1.94 bits per heavy atom. The van der Waals surface area contributed by atoms with Crippen LogP contribution in [0.25, 0.3) is 11.3 Å². The second kappa shape index (κ2) is 5.07. The van der Waals surface area contributed by atoms with Gasteiger partial charge in [0.05, 0.1) is 8.80 Å². The van der Waals surface area contributed by atoms with Gasteiger partial charge in [0.1, 0.15) is 7.05 Å². The molecule has 0 N–H and O–H groups in total. The van der Waals surface area contributed by atoms with Crippen molar-refractivity contribution in [3.8, 4) is 11.3 Å². The van der Waals surface area contributed by atoms with Gasteiger partial charge < -0.3 is 0 Å². The highest BCUT2D eigenvalue weighted by atomic mass is 28.3.